The molecule has 0 saturated heterocycles. The van der Waals surface area contributed by atoms with Crippen LogP contribution in [0, 0.1) is 0 Å². The number of nitrogens with one attached hydrogen (secondary N) is 1. The third kappa shape index (κ3) is 2.12. The zero-order valence-electron chi connectivity index (χ0n) is 9.64. The predicted molar refractivity (Wildman–Crippen MR) is 64.1 cm³/mol. The first kappa shape index (κ1) is 10.8. The Hall–Kier alpha value is -1.68. The number of rotatable bonds is 4. The smallest absolute Gasteiger partial charge is 0.110 e. The number of aromatic nitrogens is 3. The highest BCUT2D eigenvalue weighted by Crippen LogP contribution is 2.19. The summed E-state index contributed by atoms with van der Waals surface area (Å²) in [4.78, 5) is 8.75. The second-order valence-corrected chi connectivity index (χ2v) is 3.72. The number of pyridine rings is 1. The number of likely N-dealkylation sites (N-methyl/N-ethyl adjacent to an activating group) is 1. The molecule has 4 nitrogen and oxygen atoms in total. The molecule has 0 aliphatic rings. The van der Waals surface area contributed by atoms with Crippen molar-refractivity contribution in [3.63, 3.8) is 0 Å². The van der Waals surface area contributed by atoms with Crippen molar-refractivity contribution in [2.75, 3.05) is 13.6 Å². The van der Waals surface area contributed by atoms with Gasteiger partial charge in [0.25, 0.3) is 0 Å². The molecule has 4 heteroatoms. The minimum atomic E-state index is 0.939. The van der Waals surface area contributed by atoms with E-state index in [0.29, 0.717) is 0 Å². The van der Waals surface area contributed by atoms with E-state index in [1.165, 1.54) is 5.69 Å². The first-order valence-corrected chi connectivity index (χ1v) is 5.39. The van der Waals surface area contributed by atoms with Crippen molar-refractivity contribution >= 4 is 0 Å². The summed E-state index contributed by atoms with van der Waals surface area (Å²) in [6, 6.07) is 5.89. The van der Waals surface area contributed by atoms with Crippen LogP contribution in [0.25, 0.3) is 11.4 Å². The van der Waals surface area contributed by atoms with Gasteiger partial charge in [0.1, 0.15) is 5.69 Å². The van der Waals surface area contributed by atoms with Crippen LogP contribution in [0.2, 0.25) is 0 Å². The molecule has 0 amide bonds. The van der Waals surface area contributed by atoms with Gasteiger partial charge in [-0.1, -0.05) is 6.07 Å². The molecule has 0 radical (unpaired) electrons. The van der Waals surface area contributed by atoms with Crippen LogP contribution in [0.15, 0.2) is 30.7 Å². The number of imidazole rings is 1. The van der Waals surface area contributed by atoms with Gasteiger partial charge >= 0.3 is 0 Å². The molecule has 0 fully saturated rings. The van der Waals surface area contributed by atoms with Crippen molar-refractivity contribution in [2.24, 2.45) is 7.05 Å². The van der Waals surface area contributed by atoms with Gasteiger partial charge in [0.2, 0.25) is 0 Å². The van der Waals surface area contributed by atoms with Crippen LogP contribution >= 0.6 is 0 Å². The Morgan fingerprint density at radius 1 is 1.31 bits per heavy atom. The highest BCUT2D eigenvalue weighted by molar-refractivity contribution is 5.57. The number of nitrogens with zero attached hydrogens (tertiary/aromatic N) is 3. The molecular weight excluding hydrogens is 200 g/mol. The standard InChI is InChI=1S/C12H16N4/c1-13-8-6-11-12(15-9-16(11)2)10-5-3-4-7-14-10/h3-5,7,9,13H,6,8H2,1-2H3. The van der Waals surface area contributed by atoms with Crippen molar-refractivity contribution in [1.82, 2.24) is 19.9 Å². The second-order valence-electron chi connectivity index (χ2n) is 3.72. The molecule has 2 aromatic heterocycles. The first-order chi connectivity index (χ1) is 7.83. The van der Waals surface area contributed by atoms with E-state index >= 15 is 0 Å². The van der Waals surface area contributed by atoms with E-state index in [9.17, 15) is 0 Å². The molecule has 1 N–H and O–H groups in total. The molecule has 0 unspecified atom stereocenters. The lowest BCUT2D eigenvalue weighted by molar-refractivity contribution is 0.738. The van der Waals surface area contributed by atoms with Gasteiger partial charge in [-0.15, -0.1) is 0 Å². The topological polar surface area (TPSA) is 42.7 Å². The summed E-state index contributed by atoms with van der Waals surface area (Å²) in [5, 5.41) is 3.15. The van der Waals surface area contributed by atoms with E-state index in [4.69, 9.17) is 0 Å². The molecule has 84 valence electrons. The lowest BCUT2D eigenvalue weighted by Gasteiger charge is -2.05. The molecule has 0 aromatic carbocycles. The molecule has 2 heterocycles. The Balaban J connectivity index is 2.34. The van der Waals surface area contributed by atoms with Gasteiger partial charge in [0.05, 0.1) is 12.0 Å². The largest absolute Gasteiger partial charge is 0.337 e. The Bertz CT molecular complexity index is 447. The highest BCUT2D eigenvalue weighted by Gasteiger charge is 2.10. The van der Waals surface area contributed by atoms with Gasteiger partial charge < -0.3 is 9.88 Å². The maximum Gasteiger partial charge on any atom is 0.110 e. The summed E-state index contributed by atoms with van der Waals surface area (Å²) in [5.74, 6) is 0. The van der Waals surface area contributed by atoms with Crippen molar-refractivity contribution in [3.8, 4) is 11.4 Å². The third-order valence-corrected chi connectivity index (χ3v) is 2.58. The van der Waals surface area contributed by atoms with Crippen LogP contribution in [-0.4, -0.2) is 28.1 Å². The highest BCUT2D eigenvalue weighted by atomic mass is 15.0. The van der Waals surface area contributed by atoms with Gasteiger partial charge in [-0.3, -0.25) is 4.98 Å². The van der Waals surface area contributed by atoms with Gasteiger partial charge in [-0.2, -0.15) is 0 Å². The van der Waals surface area contributed by atoms with Crippen LogP contribution in [0.1, 0.15) is 5.69 Å². The summed E-state index contributed by atoms with van der Waals surface area (Å²) >= 11 is 0. The van der Waals surface area contributed by atoms with Gasteiger partial charge in [0.15, 0.2) is 0 Å². The fourth-order valence-corrected chi connectivity index (χ4v) is 1.71. The molecule has 0 bridgehead atoms. The van der Waals surface area contributed by atoms with Crippen LogP contribution < -0.4 is 5.32 Å². The maximum absolute atomic E-state index is 4.41. The van der Waals surface area contributed by atoms with E-state index in [1.807, 2.05) is 38.6 Å². The van der Waals surface area contributed by atoms with Crippen LogP contribution in [-0.2, 0) is 13.5 Å². The van der Waals surface area contributed by atoms with E-state index in [2.05, 4.69) is 19.9 Å². The second kappa shape index (κ2) is 4.90. The zero-order chi connectivity index (χ0) is 11.4. The van der Waals surface area contributed by atoms with Crippen LogP contribution in [0.3, 0.4) is 0 Å². The maximum atomic E-state index is 4.41. The third-order valence-electron chi connectivity index (χ3n) is 2.58. The Morgan fingerprint density at radius 3 is 2.88 bits per heavy atom. The summed E-state index contributed by atoms with van der Waals surface area (Å²) in [7, 11) is 3.97. The molecule has 0 aliphatic carbocycles. The van der Waals surface area contributed by atoms with Gasteiger partial charge in [-0.05, 0) is 19.2 Å². The zero-order valence-corrected chi connectivity index (χ0v) is 9.64. The van der Waals surface area contributed by atoms with E-state index in [0.717, 1.165) is 24.4 Å². The summed E-state index contributed by atoms with van der Waals surface area (Å²) in [6.07, 6.45) is 4.60. The van der Waals surface area contributed by atoms with Gasteiger partial charge in [0, 0.05) is 31.9 Å². The molecular formula is C12H16N4. The summed E-state index contributed by atoms with van der Waals surface area (Å²) in [6.45, 7) is 0.944. The average molecular weight is 216 g/mol. The fourth-order valence-electron chi connectivity index (χ4n) is 1.71. The Morgan fingerprint density at radius 2 is 2.19 bits per heavy atom. The van der Waals surface area contributed by atoms with Crippen LogP contribution in [0.5, 0.6) is 0 Å². The molecule has 0 spiro atoms. The quantitative estimate of drug-likeness (QED) is 0.836. The normalized spacial score (nSPS) is 10.6. The number of aryl methyl sites for hydroxylation is 1. The van der Waals surface area contributed by atoms with Crippen molar-refractivity contribution in [3.05, 3.63) is 36.4 Å². The molecule has 0 atom stereocenters. The lowest BCUT2D eigenvalue weighted by Crippen LogP contribution is -2.12. The van der Waals surface area contributed by atoms with Crippen molar-refractivity contribution in [1.29, 1.82) is 0 Å². The molecule has 0 aliphatic heterocycles. The number of hydrogen-bond donors (Lipinski definition) is 1. The van der Waals surface area contributed by atoms with Crippen LogP contribution in [0.4, 0.5) is 0 Å². The summed E-state index contributed by atoms with van der Waals surface area (Å²) < 4.78 is 2.06. The minimum Gasteiger partial charge on any atom is -0.337 e. The van der Waals surface area contributed by atoms with Gasteiger partial charge in [-0.25, -0.2) is 4.98 Å². The Kier molecular flexibility index (Phi) is 3.31. The fraction of sp³-hybridized carbons (Fsp3) is 0.333. The van der Waals surface area contributed by atoms with E-state index in [1.54, 1.807) is 6.20 Å². The first-order valence-electron chi connectivity index (χ1n) is 5.39. The van der Waals surface area contributed by atoms with E-state index in [-0.39, 0.29) is 0 Å². The minimum absolute atomic E-state index is 0.939. The monoisotopic (exact) mass is 216 g/mol. The molecule has 16 heavy (non-hydrogen) atoms. The predicted octanol–water partition coefficient (Wildman–Crippen LogP) is 1.24. The lowest BCUT2D eigenvalue weighted by atomic mass is 10.2. The number of hydrogen-bond acceptors (Lipinski definition) is 3. The average Bonchev–Trinajstić information content (AvgIpc) is 2.69. The SMILES string of the molecule is CNCCc1c(-c2ccccn2)ncn1C. The summed E-state index contributed by atoms with van der Waals surface area (Å²) in [5.41, 5.74) is 3.14. The van der Waals surface area contributed by atoms with Crippen molar-refractivity contribution < 1.29 is 0 Å². The molecule has 2 rings (SSSR count). The van der Waals surface area contributed by atoms with E-state index < -0.39 is 0 Å². The molecule has 2 aromatic rings. The molecule has 0 saturated carbocycles. The van der Waals surface area contributed by atoms with Crippen molar-refractivity contribution in [2.45, 2.75) is 6.42 Å². The Labute approximate surface area is 95.4 Å².